The van der Waals surface area contributed by atoms with E-state index in [0.29, 0.717) is 25.5 Å². The van der Waals surface area contributed by atoms with E-state index >= 15 is 0 Å². The Morgan fingerprint density at radius 1 is 1.04 bits per heavy atom. The van der Waals surface area contributed by atoms with Crippen molar-refractivity contribution >= 4 is 17.8 Å². The average molecular weight is 359 g/mol. The lowest BCUT2D eigenvalue weighted by atomic mass is 10.2. The highest BCUT2D eigenvalue weighted by molar-refractivity contribution is 5.92. The number of nitrogens with zero attached hydrogens (tertiary/aromatic N) is 5. The number of carbonyl (C=O) groups is 2. The lowest BCUT2D eigenvalue weighted by Gasteiger charge is -2.35. The molecule has 0 aromatic carbocycles. The molecular formula is C19H29N5O2. The van der Waals surface area contributed by atoms with Crippen LogP contribution in [0.2, 0.25) is 0 Å². The van der Waals surface area contributed by atoms with Gasteiger partial charge in [0.15, 0.2) is 0 Å². The van der Waals surface area contributed by atoms with Gasteiger partial charge in [-0.2, -0.15) is 0 Å². The molecule has 2 amide bonds. The summed E-state index contributed by atoms with van der Waals surface area (Å²) < 4.78 is 0. The second-order valence-corrected chi connectivity index (χ2v) is 7.14. The van der Waals surface area contributed by atoms with Crippen LogP contribution in [0, 0.1) is 11.8 Å². The molecule has 3 rings (SSSR count). The quantitative estimate of drug-likeness (QED) is 0.736. The molecule has 1 saturated heterocycles. The molecule has 1 saturated carbocycles. The van der Waals surface area contributed by atoms with E-state index in [-0.39, 0.29) is 23.7 Å². The van der Waals surface area contributed by atoms with Crippen molar-refractivity contribution in [3.8, 4) is 0 Å². The molecule has 0 spiro atoms. The Balaban J connectivity index is 1.50. The van der Waals surface area contributed by atoms with Crippen LogP contribution in [-0.4, -0.2) is 70.9 Å². The van der Waals surface area contributed by atoms with Gasteiger partial charge in [-0.25, -0.2) is 9.97 Å². The molecule has 2 aliphatic rings. The van der Waals surface area contributed by atoms with Gasteiger partial charge < -0.3 is 14.7 Å². The van der Waals surface area contributed by atoms with E-state index in [1.54, 1.807) is 18.5 Å². The Labute approximate surface area is 155 Å². The highest BCUT2D eigenvalue weighted by Gasteiger charge is 2.50. The molecule has 1 aromatic heterocycles. The van der Waals surface area contributed by atoms with Gasteiger partial charge >= 0.3 is 0 Å². The molecule has 1 aliphatic carbocycles. The number of hydrogen-bond acceptors (Lipinski definition) is 5. The summed E-state index contributed by atoms with van der Waals surface area (Å²) in [7, 11) is 0. The van der Waals surface area contributed by atoms with E-state index in [0.717, 1.165) is 39.0 Å². The molecule has 2 fully saturated rings. The Morgan fingerprint density at radius 3 is 2.23 bits per heavy atom. The molecule has 0 bridgehead atoms. The van der Waals surface area contributed by atoms with Crippen LogP contribution in [0.1, 0.15) is 33.1 Å². The Morgan fingerprint density at radius 2 is 1.65 bits per heavy atom. The van der Waals surface area contributed by atoms with Gasteiger partial charge in [0.05, 0.1) is 11.8 Å². The SMILES string of the molecule is CCCN(CCC)C(=O)C1CC1C(=O)N1CCN(c2ncccn2)CC1. The van der Waals surface area contributed by atoms with E-state index in [1.807, 2.05) is 9.80 Å². The fourth-order valence-electron chi connectivity index (χ4n) is 3.66. The summed E-state index contributed by atoms with van der Waals surface area (Å²) in [5.74, 6) is 0.816. The summed E-state index contributed by atoms with van der Waals surface area (Å²) in [5.41, 5.74) is 0. The molecule has 1 aromatic rings. The predicted octanol–water partition coefficient (Wildman–Crippen LogP) is 1.41. The number of piperazine rings is 1. The number of aromatic nitrogens is 2. The monoisotopic (exact) mass is 359 g/mol. The normalized spacial score (nSPS) is 22.2. The molecule has 7 heteroatoms. The highest BCUT2D eigenvalue weighted by Crippen LogP contribution is 2.41. The van der Waals surface area contributed by atoms with Gasteiger partial charge in [-0.05, 0) is 25.3 Å². The van der Waals surface area contributed by atoms with Crippen molar-refractivity contribution in [3.05, 3.63) is 18.5 Å². The van der Waals surface area contributed by atoms with Crippen molar-refractivity contribution in [1.29, 1.82) is 0 Å². The third kappa shape index (κ3) is 4.14. The van der Waals surface area contributed by atoms with Gasteiger partial charge in [-0.15, -0.1) is 0 Å². The van der Waals surface area contributed by atoms with Crippen LogP contribution in [0.25, 0.3) is 0 Å². The van der Waals surface area contributed by atoms with Gasteiger partial charge in [0, 0.05) is 51.7 Å². The van der Waals surface area contributed by atoms with Crippen LogP contribution >= 0.6 is 0 Å². The maximum absolute atomic E-state index is 12.8. The van der Waals surface area contributed by atoms with Gasteiger partial charge in [0.2, 0.25) is 17.8 Å². The number of hydrogen-bond donors (Lipinski definition) is 0. The summed E-state index contributed by atoms with van der Waals surface area (Å²) in [6.07, 6.45) is 6.10. The van der Waals surface area contributed by atoms with Crippen LogP contribution < -0.4 is 4.90 Å². The zero-order valence-electron chi connectivity index (χ0n) is 15.8. The predicted molar refractivity (Wildman–Crippen MR) is 99.6 cm³/mol. The van der Waals surface area contributed by atoms with E-state index in [9.17, 15) is 9.59 Å². The van der Waals surface area contributed by atoms with Gasteiger partial charge in [-0.3, -0.25) is 9.59 Å². The number of carbonyl (C=O) groups excluding carboxylic acids is 2. The van der Waals surface area contributed by atoms with Gasteiger partial charge in [0.25, 0.3) is 0 Å². The maximum atomic E-state index is 12.8. The summed E-state index contributed by atoms with van der Waals surface area (Å²) >= 11 is 0. The lowest BCUT2D eigenvalue weighted by Crippen LogP contribution is -2.50. The minimum atomic E-state index is -0.113. The zero-order chi connectivity index (χ0) is 18.5. The average Bonchev–Trinajstić information content (AvgIpc) is 3.48. The molecular weight excluding hydrogens is 330 g/mol. The third-order valence-electron chi connectivity index (χ3n) is 5.15. The summed E-state index contributed by atoms with van der Waals surface area (Å²) in [6, 6.07) is 1.80. The minimum Gasteiger partial charge on any atom is -0.342 e. The van der Waals surface area contributed by atoms with E-state index in [1.165, 1.54) is 0 Å². The van der Waals surface area contributed by atoms with Crippen LogP contribution in [0.5, 0.6) is 0 Å². The van der Waals surface area contributed by atoms with Crippen molar-refractivity contribution in [3.63, 3.8) is 0 Å². The fourth-order valence-corrected chi connectivity index (χ4v) is 3.66. The number of anilines is 1. The summed E-state index contributed by atoms with van der Waals surface area (Å²) in [6.45, 7) is 8.56. The largest absolute Gasteiger partial charge is 0.342 e. The van der Waals surface area contributed by atoms with Crippen molar-refractivity contribution in [2.45, 2.75) is 33.1 Å². The van der Waals surface area contributed by atoms with Crippen LogP contribution in [0.4, 0.5) is 5.95 Å². The first-order valence-corrected chi connectivity index (χ1v) is 9.75. The molecule has 26 heavy (non-hydrogen) atoms. The second kappa shape index (κ2) is 8.47. The van der Waals surface area contributed by atoms with Crippen molar-refractivity contribution in [2.24, 2.45) is 11.8 Å². The lowest BCUT2D eigenvalue weighted by molar-refractivity contribution is -0.138. The molecule has 0 radical (unpaired) electrons. The van der Waals surface area contributed by atoms with E-state index in [2.05, 4.69) is 28.7 Å². The van der Waals surface area contributed by atoms with Crippen LogP contribution in [-0.2, 0) is 9.59 Å². The molecule has 1 aliphatic heterocycles. The Hall–Kier alpha value is -2.18. The summed E-state index contributed by atoms with van der Waals surface area (Å²) in [5, 5.41) is 0. The Kier molecular flexibility index (Phi) is 6.06. The number of amides is 2. The molecule has 142 valence electrons. The number of rotatable bonds is 7. The van der Waals surface area contributed by atoms with E-state index < -0.39 is 0 Å². The standard InChI is InChI=1S/C19H29N5O2/c1-3-8-22(9-4-2)17(25)15-14-16(15)18(26)23-10-12-24(13-11-23)19-20-6-5-7-21-19/h5-7,15-16H,3-4,8-14H2,1-2H3. The molecule has 2 atom stereocenters. The van der Waals surface area contributed by atoms with E-state index in [4.69, 9.17) is 0 Å². The molecule has 7 nitrogen and oxygen atoms in total. The first kappa shape index (κ1) is 18.6. The van der Waals surface area contributed by atoms with Gasteiger partial charge in [-0.1, -0.05) is 13.8 Å². The topological polar surface area (TPSA) is 69.6 Å². The first-order valence-electron chi connectivity index (χ1n) is 9.75. The van der Waals surface area contributed by atoms with Crippen molar-refractivity contribution < 1.29 is 9.59 Å². The van der Waals surface area contributed by atoms with Crippen LogP contribution in [0.15, 0.2) is 18.5 Å². The maximum Gasteiger partial charge on any atom is 0.226 e. The molecule has 0 N–H and O–H groups in total. The fraction of sp³-hybridized carbons (Fsp3) is 0.684. The van der Waals surface area contributed by atoms with Crippen LogP contribution in [0.3, 0.4) is 0 Å². The van der Waals surface area contributed by atoms with Crippen molar-refractivity contribution in [2.75, 3.05) is 44.2 Å². The minimum absolute atomic E-state index is 0.101. The highest BCUT2D eigenvalue weighted by atomic mass is 16.2. The second-order valence-electron chi connectivity index (χ2n) is 7.14. The zero-order valence-corrected chi connectivity index (χ0v) is 15.8. The van der Waals surface area contributed by atoms with Gasteiger partial charge in [0.1, 0.15) is 0 Å². The van der Waals surface area contributed by atoms with Crippen molar-refractivity contribution in [1.82, 2.24) is 19.8 Å². The molecule has 2 heterocycles. The first-order chi connectivity index (χ1) is 12.7. The Bertz CT molecular complexity index is 610. The smallest absolute Gasteiger partial charge is 0.226 e. The third-order valence-corrected chi connectivity index (χ3v) is 5.15. The molecule has 2 unspecified atom stereocenters. The summed E-state index contributed by atoms with van der Waals surface area (Å²) in [4.78, 5) is 39.9.